The number of ketones is 1. The van der Waals surface area contributed by atoms with Gasteiger partial charge in [0.05, 0.1) is 11.3 Å². The van der Waals surface area contributed by atoms with Crippen LogP contribution in [0.25, 0.3) is 0 Å². The molecule has 4 fully saturated rings. The average molecular weight is 375 g/mol. The third kappa shape index (κ3) is 2.65. The largest absolute Gasteiger partial charge is 0.395 e. The minimum absolute atomic E-state index is 0.154. The van der Waals surface area contributed by atoms with Crippen molar-refractivity contribution in [2.75, 3.05) is 13.2 Å². The fourth-order valence-electron chi connectivity index (χ4n) is 7.02. The smallest absolute Gasteiger partial charge is 0.139 e. The summed E-state index contributed by atoms with van der Waals surface area (Å²) in [5.41, 5.74) is 6.41. The molecule has 4 rings (SSSR count). The number of carbonyl (C=O) groups is 1. The van der Waals surface area contributed by atoms with Crippen molar-refractivity contribution in [2.45, 2.75) is 70.8 Å². The Morgan fingerprint density at radius 3 is 2.74 bits per heavy atom. The molecule has 6 atom stereocenters. The first-order valence-electron chi connectivity index (χ1n) is 10.6. The predicted octanol–water partition coefficient (Wildman–Crippen LogP) is 3.21. The van der Waals surface area contributed by atoms with Crippen LogP contribution >= 0.6 is 0 Å². The van der Waals surface area contributed by atoms with E-state index in [4.69, 9.17) is 10.6 Å². The zero-order valence-electron chi connectivity index (χ0n) is 16.8. The van der Waals surface area contributed by atoms with E-state index in [1.54, 1.807) is 0 Å². The maximum absolute atomic E-state index is 12.6. The molecule has 4 saturated carbocycles. The summed E-state index contributed by atoms with van der Waals surface area (Å²) in [6.07, 6.45) is 6.62. The van der Waals surface area contributed by atoms with E-state index < -0.39 is 5.60 Å². The summed E-state index contributed by atoms with van der Waals surface area (Å²) >= 11 is 0. The van der Waals surface area contributed by atoms with Gasteiger partial charge >= 0.3 is 0 Å². The highest BCUT2D eigenvalue weighted by atomic mass is 16.6. The second-order valence-electron chi connectivity index (χ2n) is 9.90. The van der Waals surface area contributed by atoms with Gasteiger partial charge in [0.25, 0.3) is 0 Å². The molecule has 4 aliphatic rings. The van der Waals surface area contributed by atoms with E-state index in [-0.39, 0.29) is 10.8 Å². The molecule has 0 amide bonds. The van der Waals surface area contributed by atoms with Crippen molar-refractivity contribution < 1.29 is 14.7 Å². The maximum atomic E-state index is 12.6. The van der Waals surface area contributed by atoms with Crippen LogP contribution in [-0.2, 0) is 9.63 Å². The number of hydrogen-bond acceptors (Lipinski definition) is 5. The Morgan fingerprint density at radius 2 is 2.00 bits per heavy atom. The number of nitrogens with zero attached hydrogens (tertiary/aromatic N) is 1. The molecule has 5 heteroatoms. The van der Waals surface area contributed by atoms with Crippen LogP contribution in [0.5, 0.6) is 0 Å². The Kier molecular flexibility index (Phi) is 4.54. The van der Waals surface area contributed by atoms with Gasteiger partial charge in [-0.2, -0.15) is 0 Å². The molecule has 0 aromatic rings. The molecule has 0 spiro atoms. The summed E-state index contributed by atoms with van der Waals surface area (Å²) in [6, 6.07) is 0. The number of oxime groups is 1. The van der Waals surface area contributed by atoms with Crippen molar-refractivity contribution >= 4 is 11.5 Å². The molecule has 0 aromatic carbocycles. The number of nitrogens with two attached hydrogens (primary N) is 1. The molecule has 4 aliphatic carbocycles. The third-order valence-electron chi connectivity index (χ3n) is 8.68. The molecule has 0 aliphatic heterocycles. The summed E-state index contributed by atoms with van der Waals surface area (Å²) < 4.78 is 0. The second kappa shape index (κ2) is 6.41. The Labute approximate surface area is 162 Å². The zero-order valence-corrected chi connectivity index (χ0v) is 16.8. The summed E-state index contributed by atoms with van der Waals surface area (Å²) in [5.74, 6) is 1.62. The van der Waals surface area contributed by atoms with Gasteiger partial charge in [0, 0.05) is 30.2 Å². The number of Topliss-reactive ketones (excluding diaryl/α,β-unsaturated/α-hetero) is 1. The molecule has 5 nitrogen and oxygen atoms in total. The zero-order chi connectivity index (χ0) is 19.4. The standard InChI is InChI=1S/C22H34N2O3/c1-14-12-22(26)13-15(24-27-11-10-23)6-9-21(22,3)17-7-8-20(2)16(19(14)17)4-5-18(20)25/h16-17,19,26H,1,4-13,23H2,2-3H3/t16-,17-,19-,20-,21+,22+/m0/s1. The van der Waals surface area contributed by atoms with Crippen molar-refractivity contribution in [3.8, 4) is 0 Å². The Balaban J connectivity index is 1.63. The van der Waals surface area contributed by atoms with Crippen molar-refractivity contribution in [3.63, 3.8) is 0 Å². The highest BCUT2D eigenvalue weighted by molar-refractivity contribution is 5.87. The first-order valence-corrected chi connectivity index (χ1v) is 10.6. The minimum Gasteiger partial charge on any atom is -0.395 e. The highest BCUT2D eigenvalue weighted by Crippen LogP contribution is 2.67. The van der Waals surface area contributed by atoms with Gasteiger partial charge < -0.3 is 15.7 Å². The van der Waals surface area contributed by atoms with Crippen molar-refractivity contribution in [1.29, 1.82) is 0 Å². The molecule has 3 N–H and O–H groups in total. The van der Waals surface area contributed by atoms with Gasteiger partial charge in [-0.1, -0.05) is 31.2 Å². The van der Waals surface area contributed by atoms with Crippen LogP contribution in [0.4, 0.5) is 0 Å². The molecular weight excluding hydrogens is 340 g/mol. The van der Waals surface area contributed by atoms with Crippen molar-refractivity contribution in [2.24, 2.45) is 39.5 Å². The average Bonchev–Trinajstić information content (AvgIpc) is 2.92. The quantitative estimate of drug-likeness (QED) is 0.451. The number of rotatable bonds is 3. The fourth-order valence-corrected chi connectivity index (χ4v) is 7.02. The van der Waals surface area contributed by atoms with Gasteiger partial charge in [-0.25, -0.2) is 0 Å². The van der Waals surface area contributed by atoms with Crippen molar-refractivity contribution in [1.82, 2.24) is 0 Å². The SMILES string of the molecule is C=C1C[C@@]2(O)CC(=NOCCN)CC[C@]2(C)[C@H]2CC[C@]3(C)C(=O)CC[C@H]3[C@H]12. The molecule has 0 aromatic heterocycles. The monoisotopic (exact) mass is 374 g/mol. The van der Waals surface area contributed by atoms with Gasteiger partial charge in [0.15, 0.2) is 0 Å². The lowest BCUT2D eigenvalue weighted by Crippen LogP contribution is -2.63. The van der Waals surface area contributed by atoms with Gasteiger partial charge in [0.2, 0.25) is 0 Å². The molecule has 0 radical (unpaired) electrons. The van der Waals surface area contributed by atoms with E-state index in [1.165, 1.54) is 0 Å². The van der Waals surface area contributed by atoms with Gasteiger partial charge in [-0.15, -0.1) is 0 Å². The second-order valence-corrected chi connectivity index (χ2v) is 9.90. The van der Waals surface area contributed by atoms with Crippen LogP contribution in [0.15, 0.2) is 17.3 Å². The van der Waals surface area contributed by atoms with Crippen LogP contribution in [0.3, 0.4) is 0 Å². The van der Waals surface area contributed by atoms with Gasteiger partial charge in [0.1, 0.15) is 12.4 Å². The lowest BCUT2D eigenvalue weighted by molar-refractivity contribution is -0.170. The van der Waals surface area contributed by atoms with E-state index in [0.29, 0.717) is 56.0 Å². The van der Waals surface area contributed by atoms with Crippen LogP contribution < -0.4 is 5.73 Å². The summed E-state index contributed by atoms with van der Waals surface area (Å²) in [7, 11) is 0. The molecule has 27 heavy (non-hydrogen) atoms. The number of hydrogen-bond donors (Lipinski definition) is 2. The first kappa shape index (κ1) is 19.1. The minimum atomic E-state index is -0.815. The van der Waals surface area contributed by atoms with Crippen LogP contribution in [-0.4, -0.2) is 35.4 Å². The molecule has 0 heterocycles. The van der Waals surface area contributed by atoms with E-state index in [9.17, 15) is 9.90 Å². The maximum Gasteiger partial charge on any atom is 0.139 e. The van der Waals surface area contributed by atoms with Gasteiger partial charge in [-0.05, 0) is 56.3 Å². The van der Waals surface area contributed by atoms with Crippen molar-refractivity contribution in [3.05, 3.63) is 12.2 Å². The number of aliphatic hydroxyl groups is 1. The van der Waals surface area contributed by atoms with E-state index >= 15 is 0 Å². The highest BCUT2D eigenvalue weighted by Gasteiger charge is 2.65. The van der Waals surface area contributed by atoms with E-state index in [1.807, 2.05) is 0 Å². The summed E-state index contributed by atoms with van der Waals surface area (Å²) in [5, 5.41) is 16.0. The Bertz CT molecular complexity index is 689. The normalized spacial score (nSPS) is 48.1. The Morgan fingerprint density at radius 1 is 1.22 bits per heavy atom. The lowest BCUT2D eigenvalue weighted by Gasteiger charge is -2.63. The number of carbonyl (C=O) groups excluding carboxylic acids is 1. The molecular formula is C22H34N2O3. The van der Waals surface area contributed by atoms with E-state index in [2.05, 4.69) is 25.6 Å². The predicted molar refractivity (Wildman–Crippen MR) is 105 cm³/mol. The molecule has 150 valence electrons. The topological polar surface area (TPSA) is 84.9 Å². The molecule has 0 saturated heterocycles. The number of fused-ring (bicyclic) bond motifs is 5. The van der Waals surface area contributed by atoms with Crippen LogP contribution in [0.1, 0.15) is 65.2 Å². The fraction of sp³-hybridized carbons (Fsp3) is 0.818. The molecule has 0 unspecified atom stereocenters. The van der Waals surface area contributed by atoms with Gasteiger partial charge in [-0.3, -0.25) is 4.79 Å². The van der Waals surface area contributed by atoms with E-state index in [0.717, 1.165) is 43.4 Å². The van der Waals surface area contributed by atoms with Crippen LogP contribution in [0.2, 0.25) is 0 Å². The summed E-state index contributed by atoms with van der Waals surface area (Å²) in [6.45, 7) is 9.73. The lowest BCUT2D eigenvalue weighted by atomic mass is 9.43. The summed E-state index contributed by atoms with van der Waals surface area (Å²) in [4.78, 5) is 17.9. The third-order valence-corrected chi connectivity index (χ3v) is 8.68. The Hall–Kier alpha value is -1.20. The first-order chi connectivity index (χ1) is 12.7. The van der Waals surface area contributed by atoms with Crippen LogP contribution in [0, 0.1) is 28.6 Å². The molecule has 0 bridgehead atoms.